The van der Waals surface area contributed by atoms with Gasteiger partial charge < -0.3 is 24.8 Å². The third-order valence-corrected chi connectivity index (χ3v) is 2.53. The maximum atomic E-state index is 9.79. The van der Waals surface area contributed by atoms with Crippen LogP contribution in [0.4, 0.5) is 0 Å². The van der Waals surface area contributed by atoms with E-state index in [9.17, 15) is 10.2 Å². The fourth-order valence-electron chi connectivity index (χ4n) is 1.75. The molecule has 5 nitrogen and oxygen atoms in total. The molecule has 5 heteroatoms. The highest BCUT2D eigenvalue weighted by molar-refractivity contribution is 4.91. The van der Waals surface area contributed by atoms with Gasteiger partial charge >= 0.3 is 0 Å². The number of ether oxygens (including phenoxy) is 2. The minimum absolute atomic E-state index is 0.0945. The van der Waals surface area contributed by atoms with Crippen molar-refractivity contribution in [1.82, 2.24) is 0 Å². The van der Waals surface area contributed by atoms with Gasteiger partial charge in [0.15, 0.2) is 0 Å². The average molecular weight is 220 g/mol. The fourth-order valence-corrected chi connectivity index (χ4v) is 1.75. The molecule has 0 radical (unpaired) electrons. The topological polar surface area (TPSA) is 79.2 Å². The molecule has 1 saturated heterocycles. The largest absolute Gasteiger partial charge is 0.394 e. The van der Waals surface area contributed by atoms with Crippen molar-refractivity contribution in [2.75, 3.05) is 6.61 Å². The van der Waals surface area contributed by atoms with Crippen LogP contribution in [0.15, 0.2) is 0 Å². The van der Waals surface area contributed by atoms with Crippen molar-refractivity contribution >= 4 is 0 Å². The van der Waals surface area contributed by atoms with Crippen molar-refractivity contribution in [3.63, 3.8) is 0 Å². The number of rotatable bonds is 3. The Bertz CT molecular complexity index is 194. The van der Waals surface area contributed by atoms with Crippen LogP contribution in [0.2, 0.25) is 0 Å². The first-order valence-corrected chi connectivity index (χ1v) is 5.25. The molecule has 1 aliphatic heterocycles. The lowest BCUT2D eigenvalue weighted by molar-refractivity contribution is -0.244. The molecule has 1 rings (SSSR count). The summed E-state index contributed by atoms with van der Waals surface area (Å²) < 4.78 is 10.8. The van der Waals surface area contributed by atoms with Gasteiger partial charge in [-0.3, -0.25) is 0 Å². The van der Waals surface area contributed by atoms with Crippen LogP contribution in [-0.2, 0) is 9.47 Å². The van der Waals surface area contributed by atoms with Crippen molar-refractivity contribution in [3.8, 4) is 0 Å². The van der Waals surface area contributed by atoms with Gasteiger partial charge in [0.25, 0.3) is 0 Å². The van der Waals surface area contributed by atoms with Crippen LogP contribution < -0.4 is 0 Å². The molecule has 0 aliphatic carbocycles. The van der Waals surface area contributed by atoms with Gasteiger partial charge in [-0.15, -0.1) is 0 Å². The molecule has 1 fully saturated rings. The normalized spacial score (nSPS) is 42.2. The summed E-state index contributed by atoms with van der Waals surface area (Å²) >= 11 is 0. The van der Waals surface area contributed by atoms with Gasteiger partial charge in [0.05, 0.1) is 18.8 Å². The standard InChI is InChI=1S/C10H20O5/c1-5(2)14-10-7(4-11)15-6(3)8(12)9(10)13/h5-13H,4H2,1-3H3/t6?,7?,8-,9?,10-/m1/s1. The molecule has 0 amide bonds. The van der Waals surface area contributed by atoms with Crippen LogP contribution in [0.25, 0.3) is 0 Å². The third kappa shape index (κ3) is 2.89. The summed E-state index contributed by atoms with van der Waals surface area (Å²) in [5.74, 6) is 0. The Morgan fingerprint density at radius 2 is 1.87 bits per heavy atom. The Kier molecular flexibility index (Phi) is 4.48. The number of aliphatic hydroxyl groups excluding tert-OH is 3. The van der Waals surface area contributed by atoms with Crippen LogP contribution in [0.1, 0.15) is 20.8 Å². The molecule has 3 N–H and O–H groups in total. The van der Waals surface area contributed by atoms with E-state index in [2.05, 4.69) is 0 Å². The van der Waals surface area contributed by atoms with Gasteiger partial charge in [-0.25, -0.2) is 0 Å². The van der Waals surface area contributed by atoms with Crippen molar-refractivity contribution in [2.45, 2.75) is 57.4 Å². The number of aliphatic hydroxyl groups is 3. The Hall–Kier alpha value is -0.200. The average Bonchev–Trinajstić information content (AvgIpc) is 2.18. The van der Waals surface area contributed by atoms with E-state index in [4.69, 9.17) is 14.6 Å². The van der Waals surface area contributed by atoms with E-state index in [1.807, 2.05) is 13.8 Å². The predicted molar refractivity (Wildman–Crippen MR) is 53.4 cm³/mol. The molecular weight excluding hydrogens is 200 g/mol. The smallest absolute Gasteiger partial charge is 0.115 e. The van der Waals surface area contributed by atoms with Gasteiger partial charge in [-0.2, -0.15) is 0 Å². The monoisotopic (exact) mass is 220 g/mol. The second kappa shape index (κ2) is 5.23. The maximum Gasteiger partial charge on any atom is 0.115 e. The van der Waals surface area contributed by atoms with E-state index in [0.29, 0.717) is 0 Å². The summed E-state index contributed by atoms with van der Waals surface area (Å²) in [5, 5.41) is 28.5. The molecule has 5 atom stereocenters. The minimum Gasteiger partial charge on any atom is -0.394 e. The first kappa shape index (κ1) is 12.9. The molecule has 0 aromatic rings. The lowest BCUT2D eigenvalue weighted by Crippen LogP contribution is -2.59. The molecule has 0 aromatic carbocycles. The summed E-state index contributed by atoms with van der Waals surface area (Å²) in [4.78, 5) is 0. The fraction of sp³-hybridized carbons (Fsp3) is 1.00. The Balaban J connectivity index is 2.70. The first-order valence-electron chi connectivity index (χ1n) is 5.25. The van der Waals surface area contributed by atoms with E-state index in [1.54, 1.807) is 6.92 Å². The van der Waals surface area contributed by atoms with Crippen molar-refractivity contribution in [3.05, 3.63) is 0 Å². The Morgan fingerprint density at radius 3 is 2.33 bits per heavy atom. The summed E-state index contributed by atoms with van der Waals surface area (Å²) in [7, 11) is 0. The van der Waals surface area contributed by atoms with E-state index in [-0.39, 0.29) is 12.7 Å². The zero-order valence-corrected chi connectivity index (χ0v) is 9.33. The van der Waals surface area contributed by atoms with Crippen molar-refractivity contribution in [2.24, 2.45) is 0 Å². The maximum absolute atomic E-state index is 9.79. The molecule has 0 aromatic heterocycles. The third-order valence-electron chi connectivity index (χ3n) is 2.53. The van der Waals surface area contributed by atoms with Gasteiger partial charge in [0.1, 0.15) is 24.4 Å². The van der Waals surface area contributed by atoms with E-state index < -0.39 is 30.5 Å². The quantitative estimate of drug-likeness (QED) is 0.585. The molecule has 0 saturated carbocycles. The highest BCUT2D eigenvalue weighted by atomic mass is 16.6. The van der Waals surface area contributed by atoms with E-state index >= 15 is 0 Å². The second-order valence-electron chi connectivity index (χ2n) is 4.19. The van der Waals surface area contributed by atoms with E-state index in [0.717, 1.165) is 0 Å². The second-order valence-corrected chi connectivity index (χ2v) is 4.19. The van der Waals surface area contributed by atoms with Crippen LogP contribution in [0.5, 0.6) is 0 Å². The summed E-state index contributed by atoms with van der Waals surface area (Å²) in [5.41, 5.74) is 0. The highest BCUT2D eigenvalue weighted by Gasteiger charge is 2.43. The zero-order valence-electron chi connectivity index (χ0n) is 9.33. The molecule has 15 heavy (non-hydrogen) atoms. The molecule has 0 bridgehead atoms. The van der Waals surface area contributed by atoms with Crippen LogP contribution in [-0.4, -0.2) is 58.6 Å². The van der Waals surface area contributed by atoms with Crippen LogP contribution >= 0.6 is 0 Å². The van der Waals surface area contributed by atoms with Crippen LogP contribution in [0.3, 0.4) is 0 Å². The summed E-state index contributed by atoms with van der Waals surface area (Å²) in [6.45, 7) is 5.07. The lowest BCUT2D eigenvalue weighted by atomic mass is 9.95. The zero-order chi connectivity index (χ0) is 11.6. The van der Waals surface area contributed by atoms with E-state index in [1.165, 1.54) is 0 Å². The first-order chi connectivity index (χ1) is 6.97. The lowest BCUT2D eigenvalue weighted by Gasteiger charge is -2.41. The van der Waals surface area contributed by atoms with Crippen LogP contribution in [0, 0.1) is 0 Å². The molecule has 90 valence electrons. The van der Waals surface area contributed by atoms with Gasteiger partial charge in [0, 0.05) is 0 Å². The predicted octanol–water partition coefficient (Wildman–Crippen LogP) is -0.719. The van der Waals surface area contributed by atoms with Gasteiger partial charge in [-0.1, -0.05) is 0 Å². The highest BCUT2D eigenvalue weighted by Crippen LogP contribution is 2.24. The molecule has 1 heterocycles. The Morgan fingerprint density at radius 1 is 1.27 bits per heavy atom. The van der Waals surface area contributed by atoms with Gasteiger partial charge in [0.2, 0.25) is 0 Å². The van der Waals surface area contributed by atoms with Crippen molar-refractivity contribution < 1.29 is 24.8 Å². The van der Waals surface area contributed by atoms with Gasteiger partial charge in [-0.05, 0) is 20.8 Å². The SMILES string of the molecule is CC(C)O[C@@H]1C(CO)OC(C)[C@@H](O)C1O. The molecule has 1 aliphatic rings. The molecule has 3 unspecified atom stereocenters. The minimum atomic E-state index is -1.02. The number of hydrogen-bond acceptors (Lipinski definition) is 5. The Labute approximate surface area is 89.6 Å². The molecule has 0 spiro atoms. The summed E-state index contributed by atoms with van der Waals surface area (Å²) in [6, 6.07) is 0. The van der Waals surface area contributed by atoms with Crippen molar-refractivity contribution in [1.29, 1.82) is 0 Å². The molecular formula is C10H20O5. The summed E-state index contributed by atoms with van der Waals surface area (Å²) in [6.07, 6.45) is -3.85. The number of hydrogen-bond donors (Lipinski definition) is 3.